The van der Waals surface area contributed by atoms with E-state index in [9.17, 15) is 4.79 Å². The summed E-state index contributed by atoms with van der Waals surface area (Å²) in [6.07, 6.45) is 9.12. The van der Waals surface area contributed by atoms with Gasteiger partial charge in [0.05, 0.1) is 6.20 Å². The molecule has 0 spiro atoms. The van der Waals surface area contributed by atoms with Crippen LogP contribution in [0.25, 0.3) is 16.3 Å². The van der Waals surface area contributed by atoms with Crippen LogP contribution in [-0.2, 0) is 5.54 Å². The minimum absolute atomic E-state index is 0.0550. The SMILES string of the molecule is CC(=O)c1ccc(NC2(c3nncc4ccccc34)C=CC(c3ccc(C)cc3)=CC2)cc1. The van der Waals surface area contributed by atoms with Gasteiger partial charge in [0.1, 0.15) is 11.2 Å². The fraction of sp³-hybridized carbons (Fsp3) is 0.138. The van der Waals surface area contributed by atoms with E-state index in [1.54, 1.807) is 13.1 Å². The molecule has 5 rings (SSSR count). The molecule has 162 valence electrons. The Balaban J connectivity index is 1.58. The Hall–Kier alpha value is -4.05. The molecule has 4 nitrogen and oxygen atoms in total. The molecular weight excluding hydrogens is 406 g/mol. The number of Topliss-reactive ketones (excluding diaryl/α,β-unsaturated/α-hetero) is 1. The standard InChI is InChI=1S/C29H25N3O/c1-20-7-9-23(10-8-20)24-15-17-29(18-16-24,31-26-13-11-22(12-14-26)21(2)33)28-27-6-4-3-5-25(27)19-30-32-28/h3-17,19,31H,18H2,1-2H3. The Kier molecular flexibility index (Phi) is 5.35. The first kappa shape index (κ1) is 20.8. The van der Waals surface area contributed by atoms with Gasteiger partial charge in [-0.3, -0.25) is 4.79 Å². The van der Waals surface area contributed by atoms with Crippen molar-refractivity contribution < 1.29 is 4.79 Å². The fourth-order valence-corrected chi connectivity index (χ4v) is 4.33. The van der Waals surface area contributed by atoms with Crippen LogP contribution in [-0.4, -0.2) is 16.0 Å². The highest BCUT2D eigenvalue weighted by Gasteiger charge is 2.34. The van der Waals surface area contributed by atoms with Crippen molar-refractivity contribution in [2.45, 2.75) is 25.8 Å². The molecule has 0 saturated carbocycles. The van der Waals surface area contributed by atoms with Crippen LogP contribution in [0.1, 0.15) is 40.5 Å². The van der Waals surface area contributed by atoms with Crippen LogP contribution in [0.4, 0.5) is 5.69 Å². The second-order valence-corrected chi connectivity index (χ2v) is 8.57. The van der Waals surface area contributed by atoms with Crippen molar-refractivity contribution in [1.82, 2.24) is 10.2 Å². The number of fused-ring (bicyclic) bond motifs is 1. The van der Waals surface area contributed by atoms with Gasteiger partial charge in [-0.15, -0.1) is 0 Å². The zero-order valence-electron chi connectivity index (χ0n) is 18.7. The number of hydrogen-bond acceptors (Lipinski definition) is 4. The Morgan fingerprint density at radius 1 is 0.970 bits per heavy atom. The van der Waals surface area contributed by atoms with Crippen LogP contribution in [0.3, 0.4) is 0 Å². The maximum atomic E-state index is 11.7. The van der Waals surface area contributed by atoms with Crippen LogP contribution in [0, 0.1) is 6.92 Å². The summed E-state index contributed by atoms with van der Waals surface area (Å²) in [6, 6.07) is 24.4. The van der Waals surface area contributed by atoms with Gasteiger partial charge in [-0.05, 0) is 55.7 Å². The number of allylic oxidation sites excluding steroid dienone is 2. The van der Waals surface area contributed by atoms with E-state index in [-0.39, 0.29) is 5.78 Å². The zero-order chi connectivity index (χ0) is 22.8. The summed E-state index contributed by atoms with van der Waals surface area (Å²) in [5, 5.41) is 14.7. The van der Waals surface area contributed by atoms with Crippen LogP contribution in [0.2, 0.25) is 0 Å². The first-order valence-electron chi connectivity index (χ1n) is 11.1. The highest BCUT2D eigenvalue weighted by Crippen LogP contribution is 2.39. The molecular formula is C29H25N3O. The number of nitrogens with zero attached hydrogens (tertiary/aromatic N) is 2. The monoisotopic (exact) mass is 431 g/mol. The minimum Gasteiger partial charge on any atom is -0.370 e. The molecule has 3 aromatic carbocycles. The van der Waals surface area contributed by atoms with E-state index in [2.05, 4.69) is 77.1 Å². The van der Waals surface area contributed by atoms with Crippen LogP contribution in [0.5, 0.6) is 0 Å². The molecule has 0 saturated heterocycles. The minimum atomic E-state index is -0.570. The van der Waals surface area contributed by atoms with E-state index in [4.69, 9.17) is 0 Å². The van der Waals surface area contributed by atoms with Gasteiger partial charge in [-0.2, -0.15) is 10.2 Å². The van der Waals surface area contributed by atoms with Crippen molar-refractivity contribution in [3.8, 4) is 0 Å². The van der Waals surface area contributed by atoms with E-state index < -0.39 is 5.54 Å². The van der Waals surface area contributed by atoms with Gasteiger partial charge in [0.15, 0.2) is 5.78 Å². The molecule has 4 heteroatoms. The highest BCUT2D eigenvalue weighted by molar-refractivity contribution is 5.94. The Labute approximate surface area is 193 Å². The quantitative estimate of drug-likeness (QED) is 0.367. The smallest absolute Gasteiger partial charge is 0.159 e. The largest absolute Gasteiger partial charge is 0.370 e. The first-order valence-corrected chi connectivity index (χ1v) is 11.1. The van der Waals surface area contributed by atoms with Gasteiger partial charge < -0.3 is 5.32 Å². The van der Waals surface area contributed by atoms with Crippen molar-refractivity contribution in [3.05, 3.63) is 120 Å². The number of hydrogen-bond donors (Lipinski definition) is 1. The fourth-order valence-electron chi connectivity index (χ4n) is 4.33. The van der Waals surface area contributed by atoms with Gasteiger partial charge in [-0.1, -0.05) is 72.3 Å². The lowest BCUT2D eigenvalue weighted by molar-refractivity contribution is 0.101. The summed E-state index contributed by atoms with van der Waals surface area (Å²) in [5.74, 6) is 0.0550. The Bertz CT molecular complexity index is 1380. The predicted molar refractivity (Wildman–Crippen MR) is 134 cm³/mol. The number of benzene rings is 3. The third-order valence-corrected chi connectivity index (χ3v) is 6.23. The summed E-state index contributed by atoms with van der Waals surface area (Å²) in [4.78, 5) is 11.7. The van der Waals surface area contributed by atoms with Gasteiger partial charge in [-0.25, -0.2) is 0 Å². The number of carbonyl (C=O) groups excluding carboxylic acids is 1. The number of aromatic nitrogens is 2. The molecule has 1 atom stereocenters. The maximum Gasteiger partial charge on any atom is 0.159 e. The van der Waals surface area contributed by atoms with Gasteiger partial charge in [0.2, 0.25) is 0 Å². The number of ketones is 1. The summed E-state index contributed by atoms with van der Waals surface area (Å²) < 4.78 is 0. The molecule has 0 radical (unpaired) electrons. The lowest BCUT2D eigenvalue weighted by atomic mass is 9.82. The molecule has 0 aliphatic heterocycles. The lowest BCUT2D eigenvalue weighted by Crippen LogP contribution is -2.35. The summed E-state index contributed by atoms with van der Waals surface area (Å²) >= 11 is 0. The molecule has 0 fully saturated rings. The van der Waals surface area contributed by atoms with Crippen molar-refractivity contribution >= 4 is 27.8 Å². The third kappa shape index (κ3) is 4.08. The van der Waals surface area contributed by atoms with E-state index in [1.807, 2.05) is 36.4 Å². The van der Waals surface area contributed by atoms with E-state index in [1.165, 1.54) is 16.7 Å². The third-order valence-electron chi connectivity index (χ3n) is 6.23. The average molecular weight is 432 g/mol. The molecule has 1 aromatic heterocycles. The molecule has 33 heavy (non-hydrogen) atoms. The molecule has 0 amide bonds. The van der Waals surface area contributed by atoms with Gasteiger partial charge in [0.25, 0.3) is 0 Å². The molecule has 1 heterocycles. The molecule has 1 aliphatic carbocycles. The number of anilines is 1. The zero-order valence-corrected chi connectivity index (χ0v) is 18.7. The lowest BCUT2D eigenvalue weighted by Gasteiger charge is -2.34. The number of nitrogens with one attached hydrogen (secondary N) is 1. The summed E-state index contributed by atoms with van der Waals surface area (Å²) in [7, 11) is 0. The summed E-state index contributed by atoms with van der Waals surface area (Å²) in [5.41, 5.74) is 5.56. The second kappa shape index (κ2) is 8.47. The van der Waals surface area contributed by atoms with E-state index in [0.29, 0.717) is 12.0 Å². The molecule has 4 aromatic rings. The normalized spacial score (nSPS) is 17.6. The van der Waals surface area contributed by atoms with Crippen molar-refractivity contribution in [1.29, 1.82) is 0 Å². The molecule has 1 aliphatic rings. The van der Waals surface area contributed by atoms with E-state index in [0.717, 1.165) is 22.2 Å². The van der Waals surface area contributed by atoms with Crippen molar-refractivity contribution in [2.24, 2.45) is 0 Å². The number of aryl methyl sites for hydroxylation is 1. The topological polar surface area (TPSA) is 54.9 Å². The Morgan fingerprint density at radius 3 is 2.42 bits per heavy atom. The van der Waals surface area contributed by atoms with Crippen molar-refractivity contribution in [2.75, 3.05) is 5.32 Å². The maximum absolute atomic E-state index is 11.7. The van der Waals surface area contributed by atoms with E-state index >= 15 is 0 Å². The number of carbonyl (C=O) groups is 1. The molecule has 1 N–H and O–H groups in total. The van der Waals surface area contributed by atoms with Gasteiger partial charge >= 0.3 is 0 Å². The van der Waals surface area contributed by atoms with Crippen molar-refractivity contribution in [3.63, 3.8) is 0 Å². The van der Waals surface area contributed by atoms with Crippen LogP contribution >= 0.6 is 0 Å². The molecule has 0 bridgehead atoms. The van der Waals surface area contributed by atoms with Crippen LogP contribution < -0.4 is 5.32 Å². The molecule has 1 unspecified atom stereocenters. The van der Waals surface area contributed by atoms with Crippen LogP contribution in [0.15, 0.2) is 97.2 Å². The first-order chi connectivity index (χ1) is 16.0. The average Bonchev–Trinajstić information content (AvgIpc) is 2.85. The van der Waals surface area contributed by atoms with Gasteiger partial charge in [0, 0.05) is 22.0 Å². The predicted octanol–water partition coefficient (Wildman–Crippen LogP) is 6.49. The summed E-state index contributed by atoms with van der Waals surface area (Å²) in [6.45, 7) is 3.68. The highest BCUT2D eigenvalue weighted by atomic mass is 16.1. The Morgan fingerprint density at radius 2 is 1.73 bits per heavy atom. The second-order valence-electron chi connectivity index (χ2n) is 8.57. The number of rotatable bonds is 5.